The number of amides is 1. The summed E-state index contributed by atoms with van der Waals surface area (Å²) in [6.07, 6.45) is 7.32. The number of hydrogen-bond donors (Lipinski definition) is 1. The van der Waals surface area contributed by atoms with Crippen LogP contribution in [-0.4, -0.2) is 54.7 Å². The number of hydrogen-bond acceptors (Lipinski definition) is 6. The van der Waals surface area contributed by atoms with E-state index in [-0.39, 0.29) is 42.8 Å². The van der Waals surface area contributed by atoms with Crippen LogP contribution in [0.1, 0.15) is 55.6 Å². The number of pyridine rings is 1. The van der Waals surface area contributed by atoms with Crippen LogP contribution in [-0.2, 0) is 19.1 Å². The van der Waals surface area contributed by atoms with Crippen LogP contribution >= 0.6 is 0 Å². The molecule has 1 amide bonds. The third-order valence-corrected chi connectivity index (χ3v) is 7.56. The maximum absolute atomic E-state index is 13.3. The lowest BCUT2D eigenvalue weighted by atomic mass is 9.65. The highest BCUT2D eigenvalue weighted by Crippen LogP contribution is 2.44. The second-order valence-corrected chi connectivity index (χ2v) is 9.37. The molecule has 1 aromatic rings. The molecule has 5 rings (SSSR count). The maximum Gasteiger partial charge on any atom is 0.246 e. The highest BCUT2D eigenvalue weighted by atomic mass is 16.5. The number of ether oxygens (including phenoxy) is 3. The molecule has 1 saturated heterocycles. The van der Waals surface area contributed by atoms with E-state index >= 15 is 0 Å². The molecule has 0 radical (unpaired) electrons. The summed E-state index contributed by atoms with van der Waals surface area (Å²) in [6.45, 7) is 3.08. The van der Waals surface area contributed by atoms with Crippen molar-refractivity contribution in [3.05, 3.63) is 23.4 Å². The Morgan fingerprint density at radius 1 is 1.20 bits per heavy atom. The number of carbonyl (C=O) groups is 2. The first-order chi connectivity index (χ1) is 14.6. The lowest BCUT2D eigenvalue weighted by Crippen LogP contribution is -2.66. The second kappa shape index (κ2) is 7.93. The highest BCUT2D eigenvalue weighted by Gasteiger charge is 2.51. The zero-order valence-corrected chi connectivity index (χ0v) is 17.5. The molecular weight excluding hydrogens is 384 g/mol. The second-order valence-electron chi connectivity index (χ2n) is 9.37. The van der Waals surface area contributed by atoms with Crippen molar-refractivity contribution in [2.24, 2.45) is 11.8 Å². The molecule has 1 N–H and O–H groups in total. The molecule has 1 aromatic heterocycles. The Morgan fingerprint density at radius 2 is 2.10 bits per heavy atom. The smallest absolute Gasteiger partial charge is 0.246 e. The summed E-state index contributed by atoms with van der Waals surface area (Å²) in [5, 5.41) is 3.18. The van der Waals surface area contributed by atoms with Gasteiger partial charge in [0.2, 0.25) is 11.8 Å². The monoisotopic (exact) mass is 414 g/mol. The van der Waals surface area contributed by atoms with Crippen LogP contribution in [0.15, 0.2) is 12.3 Å². The van der Waals surface area contributed by atoms with Gasteiger partial charge in [-0.05, 0) is 56.6 Å². The van der Waals surface area contributed by atoms with Gasteiger partial charge < -0.3 is 19.5 Å². The Bertz CT molecular complexity index is 839. The fourth-order valence-electron chi connectivity index (χ4n) is 6.08. The quantitative estimate of drug-likeness (QED) is 0.701. The summed E-state index contributed by atoms with van der Waals surface area (Å²) in [7, 11) is 0. The summed E-state index contributed by atoms with van der Waals surface area (Å²) in [6, 6.07) is 2.01. The fraction of sp³-hybridized carbons (Fsp3) is 0.696. The Labute approximate surface area is 176 Å². The molecule has 2 bridgehead atoms. The summed E-state index contributed by atoms with van der Waals surface area (Å²) in [5.74, 6) is 0.560. The molecule has 2 aliphatic heterocycles. The zero-order chi connectivity index (χ0) is 20.7. The molecule has 1 spiro atoms. The molecule has 1 unspecified atom stereocenters. The number of nitrogens with zero attached hydrogens (tertiary/aromatic N) is 1. The van der Waals surface area contributed by atoms with Gasteiger partial charge in [-0.2, -0.15) is 0 Å². The maximum atomic E-state index is 13.3. The largest absolute Gasteiger partial charge is 0.469 e. The van der Waals surface area contributed by atoms with Gasteiger partial charge in [-0.1, -0.05) is 6.42 Å². The van der Waals surface area contributed by atoms with Gasteiger partial charge in [0.15, 0.2) is 5.78 Å². The van der Waals surface area contributed by atoms with E-state index in [4.69, 9.17) is 14.2 Å². The third kappa shape index (κ3) is 3.52. The molecule has 2 saturated carbocycles. The van der Waals surface area contributed by atoms with Gasteiger partial charge in [-0.15, -0.1) is 0 Å². The van der Waals surface area contributed by atoms with Crippen LogP contribution in [0.3, 0.4) is 0 Å². The average Bonchev–Trinajstić information content (AvgIpc) is 3.18. The fourth-order valence-corrected chi connectivity index (χ4v) is 6.08. The molecule has 30 heavy (non-hydrogen) atoms. The standard InChI is InChI=1S/C23H30N2O5/c1-14-6-8-24-22-21(14)15-4-5-16(9-15)29-10-18-17(19(26)11-30-22)3-2-7-23(18)13-28-12-20(27)25-23/h6,8,15-18H,2-5,7,9-13H2,1H3,(H,25,27)/t15-,16+,17?,18-,23-/m0/s1. The minimum absolute atomic E-state index is 0.00561. The van der Waals surface area contributed by atoms with Crippen molar-refractivity contribution < 1.29 is 23.8 Å². The number of morpholine rings is 1. The first-order valence-corrected chi connectivity index (χ1v) is 11.2. The van der Waals surface area contributed by atoms with E-state index in [1.807, 2.05) is 6.07 Å². The van der Waals surface area contributed by atoms with Gasteiger partial charge in [0, 0.05) is 23.6 Å². The molecule has 0 aromatic carbocycles. The molecule has 7 nitrogen and oxygen atoms in total. The van der Waals surface area contributed by atoms with Crippen molar-refractivity contribution >= 4 is 11.7 Å². The van der Waals surface area contributed by atoms with Crippen LogP contribution in [0.4, 0.5) is 0 Å². The Balaban J connectivity index is 1.47. The topological polar surface area (TPSA) is 86.8 Å². The molecule has 7 heteroatoms. The number of ketones is 1. The van der Waals surface area contributed by atoms with Crippen LogP contribution in [0.5, 0.6) is 5.88 Å². The van der Waals surface area contributed by atoms with Crippen molar-refractivity contribution in [1.29, 1.82) is 0 Å². The summed E-state index contributed by atoms with van der Waals surface area (Å²) >= 11 is 0. The van der Waals surface area contributed by atoms with E-state index in [0.29, 0.717) is 25.0 Å². The SMILES string of the molecule is Cc1ccnc2c1[C@H]1CC[C@H](C1)OC[C@H]1C(CCC[C@]13COCC(=O)N3)C(=O)CO2. The molecule has 3 fully saturated rings. The number of fused-ring (bicyclic) bond motifs is 6. The van der Waals surface area contributed by atoms with E-state index in [0.717, 1.165) is 49.7 Å². The lowest BCUT2D eigenvalue weighted by molar-refractivity contribution is -0.150. The van der Waals surface area contributed by atoms with Gasteiger partial charge in [0.05, 0.1) is 24.9 Å². The molecular formula is C23H30N2O5. The van der Waals surface area contributed by atoms with Gasteiger partial charge in [0.25, 0.3) is 0 Å². The molecule has 162 valence electrons. The van der Waals surface area contributed by atoms with Crippen molar-refractivity contribution in [2.45, 2.75) is 63.0 Å². The van der Waals surface area contributed by atoms with Crippen LogP contribution in [0.25, 0.3) is 0 Å². The normalized spacial score (nSPS) is 36.7. The number of nitrogens with one attached hydrogen (secondary N) is 1. The summed E-state index contributed by atoms with van der Waals surface area (Å²) in [4.78, 5) is 29.9. The number of rotatable bonds is 0. The number of carbonyl (C=O) groups excluding carboxylic acids is 2. The average molecular weight is 415 g/mol. The number of aromatic nitrogens is 1. The minimum Gasteiger partial charge on any atom is -0.469 e. The van der Waals surface area contributed by atoms with Crippen LogP contribution < -0.4 is 10.1 Å². The van der Waals surface area contributed by atoms with Gasteiger partial charge >= 0.3 is 0 Å². The highest BCUT2D eigenvalue weighted by molar-refractivity contribution is 5.84. The third-order valence-electron chi connectivity index (χ3n) is 7.56. The summed E-state index contributed by atoms with van der Waals surface area (Å²) < 4.78 is 18.1. The van der Waals surface area contributed by atoms with Crippen LogP contribution in [0.2, 0.25) is 0 Å². The first-order valence-electron chi connectivity index (χ1n) is 11.2. The van der Waals surface area contributed by atoms with Crippen molar-refractivity contribution in [1.82, 2.24) is 10.3 Å². The predicted octanol–water partition coefficient (Wildman–Crippen LogP) is 2.31. The van der Waals surface area contributed by atoms with E-state index in [1.165, 1.54) is 0 Å². The minimum atomic E-state index is -0.525. The van der Waals surface area contributed by atoms with E-state index < -0.39 is 5.54 Å². The van der Waals surface area contributed by atoms with Gasteiger partial charge in [-0.3, -0.25) is 9.59 Å². The van der Waals surface area contributed by atoms with Crippen molar-refractivity contribution in [2.75, 3.05) is 26.4 Å². The lowest BCUT2D eigenvalue weighted by Gasteiger charge is -2.49. The molecule has 3 heterocycles. The van der Waals surface area contributed by atoms with Gasteiger partial charge in [0.1, 0.15) is 13.2 Å². The summed E-state index contributed by atoms with van der Waals surface area (Å²) in [5.41, 5.74) is 1.76. The molecule has 5 atom stereocenters. The Hall–Kier alpha value is -1.99. The van der Waals surface area contributed by atoms with Crippen LogP contribution in [0, 0.1) is 18.8 Å². The van der Waals surface area contributed by atoms with Gasteiger partial charge in [-0.25, -0.2) is 4.98 Å². The van der Waals surface area contributed by atoms with E-state index in [1.54, 1.807) is 6.20 Å². The molecule has 4 aliphatic rings. The van der Waals surface area contributed by atoms with Crippen molar-refractivity contribution in [3.8, 4) is 5.88 Å². The van der Waals surface area contributed by atoms with Crippen molar-refractivity contribution in [3.63, 3.8) is 0 Å². The molecule has 2 aliphatic carbocycles. The van der Waals surface area contributed by atoms with E-state index in [9.17, 15) is 9.59 Å². The first kappa shape index (κ1) is 19.9. The Morgan fingerprint density at radius 3 is 2.97 bits per heavy atom. The Kier molecular flexibility index (Phi) is 5.27. The van der Waals surface area contributed by atoms with E-state index in [2.05, 4.69) is 17.2 Å². The zero-order valence-electron chi connectivity index (χ0n) is 17.5. The number of aryl methyl sites for hydroxylation is 1. The predicted molar refractivity (Wildman–Crippen MR) is 108 cm³/mol. The number of Topliss-reactive ketones (excluding diaryl/α,β-unsaturated/α-hetero) is 1.